The first-order chi connectivity index (χ1) is 11.4. The zero-order valence-electron chi connectivity index (χ0n) is 14.5. The van der Waals surface area contributed by atoms with Gasteiger partial charge in [-0.2, -0.15) is 0 Å². The Bertz CT molecular complexity index is 712. The van der Waals surface area contributed by atoms with Crippen molar-refractivity contribution in [1.29, 1.82) is 0 Å². The molecule has 1 saturated carbocycles. The fraction of sp³-hybridized carbons (Fsp3) is 0.600. The second-order valence-corrected chi connectivity index (χ2v) is 8.35. The van der Waals surface area contributed by atoms with E-state index in [1.165, 1.54) is 0 Å². The predicted molar refractivity (Wildman–Crippen MR) is 88.0 cm³/mol. The summed E-state index contributed by atoms with van der Waals surface area (Å²) in [4.78, 5) is 26.1. The molecule has 1 aliphatic heterocycles. The van der Waals surface area contributed by atoms with Gasteiger partial charge in [0.25, 0.3) is 0 Å². The Balaban J connectivity index is 1.81. The second kappa shape index (κ2) is 5.08. The summed E-state index contributed by atoms with van der Waals surface area (Å²) in [5.74, 6) is -0.290. The monoisotopic (exact) mass is 328 g/mol. The van der Waals surface area contributed by atoms with E-state index in [2.05, 4.69) is 13.8 Å². The summed E-state index contributed by atoms with van der Waals surface area (Å²) in [5.41, 5.74) is 1.07. The normalized spacial score (nSPS) is 38.0. The van der Waals surface area contributed by atoms with E-state index in [1.807, 2.05) is 13.0 Å². The van der Waals surface area contributed by atoms with Crippen molar-refractivity contribution in [3.8, 4) is 0 Å². The number of hydrogen-bond acceptors (Lipinski definition) is 4. The van der Waals surface area contributed by atoms with Crippen LogP contribution in [0.2, 0.25) is 0 Å². The van der Waals surface area contributed by atoms with E-state index in [0.717, 1.165) is 36.8 Å². The highest BCUT2D eigenvalue weighted by Crippen LogP contribution is 2.63. The van der Waals surface area contributed by atoms with Crippen LogP contribution in [0, 0.1) is 22.7 Å². The maximum absolute atomic E-state index is 13.2. The molecule has 0 radical (unpaired) electrons. The van der Waals surface area contributed by atoms with Crippen LogP contribution in [0.25, 0.3) is 0 Å². The SMILES string of the molecule is CC1=CC(=O)C2C(C)(C)CCCC23C(=O)OC(c2ccoc2)CC13. The minimum absolute atomic E-state index is 0.0703. The third-order valence-electron chi connectivity index (χ3n) is 6.53. The molecule has 2 fully saturated rings. The van der Waals surface area contributed by atoms with Gasteiger partial charge in [-0.25, -0.2) is 0 Å². The molecule has 1 aromatic heterocycles. The zero-order valence-corrected chi connectivity index (χ0v) is 14.5. The molecule has 128 valence electrons. The standard InChI is InChI=1S/C20H24O4/c1-12-9-15(21)17-19(2,3)6-4-7-20(17)14(12)10-16(24-18(20)22)13-5-8-23-11-13/h5,8-9,11,14,16-17H,4,6-7,10H2,1-3H3. The average Bonchev–Trinajstić information content (AvgIpc) is 3.02. The molecular formula is C20H24O4. The zero-order chi connectivity index (χ0) is 17.1. The van der Waals surface area contributed by atoms with E-state index in [0.29, 0.717) is 0 Å². The molecule has 4 rings (SSSR count). The van der Waals surface area contributed by atoms with Crippen molar-refractivity contribution in [2.24, 2.45) is 22.7 Å². The van der Waals surface area contributed by atoms with Gasteiger partial charge in [0.15, 0.2) is 5.78 Å². The molecule has 0 bridgehead atoms. The largest absolute Gasteiger partial charge is 0.472 e. The van der Waals surface area contributed by atoms with Gasteiger partial charge in [-0.1, -0.05) is 25.8 Å². The van der Waals surface area contributed by atoms with Crippen molar-refractivity contribution in [1.82, 2.24) is 0 Å². The van der Waals surface area contributed by atoms with Gasteiger partial charge in [0.05, 0.1) is 17.9 Å². The van der Waals surface area contributed by atoms with Crippen LogP contribution in [0.4, 0.5) is 0 Å². The second-order valence-electron chi connectivity index (χ2n) is 8.35. The van der Waals surface area contributed by atoms with Crippen LogP contribution < -0.4 is 0 Å². The number of ketones is 1. The Morgan fingerprint density at radius 2 is 2.00 bits per heavy atom. The smallest absolute Gasteiger partial charge is 0.314 e. The van der Waals surface area contributed by atoms with Crippen LogP contribution in [0.15, 0.2) is 34.7 Å². The average molecular weight is 328 g/mol. The summed E-state index contributed by atoms with van der Waals surface area (Å²) in [6, 6.07) is 1.85. The number of rotatable bonds is 1. The molecule has 4 unspecified atom stereocenters. The molecule has 4 atom stereocenters. The van der Waals surface area contributed by atoms with Crippen LogP contribution in [0.1, 0.15) is 58.1 Å². The minimum Gasteiger partial charge on any atom is -0.472 e. The van der Waals surface area contributed by atoms with Crippen molar-refractivity contribution in [2.45, 2.75) is 52.6 Å². The van der Waals surface area contributed by atoms with E-state index in [4.69, 9.17) is 9.15 Å². The highest BCUT2D eigenvalue weighted by atomic mass is 16.5. The van der Waals surface area contributed by atoms with Crippen LogP contribution in [-0.2, 0) is 14.3 Å². The molecule has 2 aliphatic carbocycles. The Hall–Kier alpha value is -1.84. The lowest BCUT2D eigenvalue weighted by Gasteiger charge is -2.57. The van der Waals surface area contributed by atoms with E-state index in [9.17, 15) is 9.59 Å². The summed E-state index contributed by atoms with van der Waals surface area (Å²) in [7, 11) is 0. The Labute approximate surface area is 142 Å². The quantitative estimate of drug-likeness (QED) is 0.724. The summed E-state index contributed by atoms with van der Waals surface area (Å²) in [6.45, 7) is 6.24. The Morgan fingerprint density at radius 1 is 1.21 bits per heavy atom. The van der Waals surface area contributed by atoms with Gasteiger partial charge in [0, 0.05) is 17.4 Å². The number of carbonyl (C=O) groups is 2. The molecule has 1 saturated heterocycles. The summed E-state index contributed by atoms with van der Waals surface area (Å²) < 4.78 is 11.0. The maximum atomic E-state index is 13.2. The highest BCUT2D eigenvalue weighted by Gasteiger charge is 2.65. The molecule has 1 spiro atoms. The molecule has 3 aliphatic rings. The lowest BCUT2D eigenvalue weighted by molar-refractivity contribution is -0.196. The molecule has 0 amide bonds. The topological polar surface area (TPSA) is 56.5 Å². The molecule has 2 heterocycles. The summed E-state index contributed by atoms with van der Waals surface area (Å²) in [6.07, 6.45) is 8.17. The van der Waals surface area contributed by atoms with Crippen LogP contribution >= 0.6 is 0 Å². The fourth-order valence-corrected chi connectivity index (χ4v) is 5.57. The van der Waals surface area contributed by atoms with Gasteiger partial charge in [-0.15, -0.1) is 0 Å². The molecule has 0 N–H and O–H groups in total. The fourth-order valence-electron chi connectivity index (χ4n) is 5.57. The molecule has 1 aromatic rings. The van der Waals surface area contributed by atoms with Crippen molar-refractivity contribution in [2.75, 3.05) is 0 Å². The van der Waals surface area contributed by atoms with Crippen molar-refractivity contribution in [3.05, 3.63) is 35.8 Å². The summed E-state index contributed by atoms with van der Waals surface area (Å²) in [5, 5.41) is 0. The molecule has 0 aromatic carbocycles. The van der Waals surface area contributed by atoms with Gasteiger partial charge in [-0.3, -0.25) is 9.59 Å². The molecule has 24 heavy (non-hydrogen) atoms. The van der Waals surface area contributed by atoms with Gasteiger partial charge in [0.2, 0.25) is 0 Å². The number of allylic oxidation sites excluding steroid dienone is 2. The van der Waals surface area contributed by atoms with Gasteiger partial charge < -0.3 is 9.15 Å². The predicted octanol–water partition coefficient (Wildman–Crippen LogP) is 4.23. The Morgan fingerprint density at radius 3 is 2.71 bits per heavy atom. The first kappa shape index (κ1) is 15.7. The first-order valence-corrected chi connectivity index (χ1v) is 8.81. The van der Waals surface area contributed by atoms with Crippen molar-refractivity contribution < 1.29 is 18.7 Å². The molecule has 4 nitrogen and oxygen atoms in total. The lowest BCUT2D eigenvalue weighted by Crippen LogP contribution is -2.60. The molecule has 4 heteroatoms. The third-order valence-corrected chi connectivity index (χ3v) is 6.53. The minimum atomic E-state index is -0.683. The molecular weight excluding hydrogens is 304 g/mol. The van der Waals surface area contributed by atoms with E-state index < -0.39 is 5.41 Å². The van der Waals surface area contributed by atoms with E-state index in [-0.39, 0.29) is 35.1 Å². The third kappa shape index (κ3) is 1.98. The van der Waals surface area contributed by atoms with Crippen molar-refractivity contribution in [3.63, 3.8) is 0 Å². The van der Waals surface area contributed by atoms with Gasteiger partial charge >= 0.3 is 5.97 Å². The van der Waals surface area contributed by atoms with Crippen molar-refractivity contribution >= 4 is 11.8 Å². The number of hydrogen-bond donors (Lipinski definition) is 0. The Kier molecular flexibility index (Phi) is 3.32. The number of ether oxygens (including phenoxy) is 1. The number of furan rings is 1. The lowest BCUT2D eigenvalue weighted by atomic mass is 9.46. The van der Waals surface area contributed by atoms with E-state index >= 15 is 0 Å². The maximum Gasteiger partial charge on any atom is 0.314 e. The number of cyclic esters (lactones) is 1. The van der Waals surface area contributed by atoms with Crippen LogP contribution in [0.3, 0.4) is 0 Å². The van der Waals surface area contributed by atoms with Crippen LogP contribution in [0.5, 0.6) is 0 Å². The van der Waals surface area contributed by atoms with Crippen LogP contribution in [-0.4, -0.2) is 11.8 Å². The first-order valence-electron chi connectivity index (χ1n) is 8.81. The van der Waals surface area contributed by atoms with E-state index in [1.54, 1.807) is 18.6 Å². The highest BCUT2D eigenvalue weighted by molar-refractivity contribution is 6.00. The van der Waals surface area contributed by atoms with Gasteiger partial charge in [0.1, 0.15) is 6.10 Å². The summed E-state index contributed by atoms with van der Waals surface area (Å²) >= 11 is 0. The number of carbonyl (C=O) groups excluding carboxylic acids is 2. The number of esters is 1. The van der Waals surface area contributed by atoms with Gasteiger partial charge in [-0.05, 0) is 43.7 Å².